The van der Waals surface area contributed by atoms with Crippen molar-refractivity contribution in [2.75, 3.05) is 14.2 Å². The van der Waals surface area contributed by atoms with Gasteiger partial charge in [-0.1, -0.05) is 12.8 Å². The van der Waals surface area contributed by atoms with Gasteiger partial charge in [-0.25, -0.2) is 17.8 Å². The number of nitrogens with zero attached hydrogens (tertiary/aromatic N) is 4. The van der Waals surface area contributed by atoms with Gasteiger partial charge < -0.3 is 9.47 Å². The molecule has 1 aliphatic carbocycles. The van der Waals surface area contributed by atoms with E-state index in [0.29, 0.717) is 11.6 Å². The van der Waals surface area contributed by atoms with Crippen LogP contribution in [0.4, 0.5) is 0 Å². The Balaban J connectivity index is 1.80. The minimum Gasteiger partial charge on any atom is -0.497 e. The van der Waals surface area contributed by atoms with Crippen molar-refractivity contribution in [2.45, 2.75) is 43.2 Å². The second-order valence-electron chi connectivity index (χ2n) is 5.82. The lowest BCUT2D eigenvalue weighted by Crippen LogP contribution is -2.26. The van der Waals surface area contributed by atoms with Crippen LogP contribution in [0.3, 0.4) is 0 Å². The van der Waals surface area contributed by atoms with E-state index >= 15 is 0 Å². The molecule has 0 atom stereocenters. The molecule has 0 amide bonds. The van der Waals surface area contributed by atoms with E-state index in [4.69, 9.17) is 9.47 Å². The van der Waals surface area contributed by atoms with E-state index in [1.807, 2.05) is 0 Å². The van der Waals surface area contributed by atoms with Crippen LogP contribution >= 0.6 is 0 Å². The molecule has 1 fully saturated rings. The SMILES string of the molecule is COc1ccc(OC)c(S(=O)(=O)NCc2nnnn2C2CCCC2)c1. The summed E-state index contributed by atoms with van der Waals surface area (Å²) in [6.45, 7) is 0.00615. The van der Waals surface area contributed by atoms with Crippen molar-refractivity contribution in [3.05, 3.63) is 24.0 Å². The molecule has 0 saturated heterocycles. The Morgan fingerprint density at radius 2 is 2.00 bits per heavy atom. The number of rotatable bonds is 7. The lowest BCUT2D eigenvalue weighted by Gasteiger charge is -2.13. The summed E-state index contributed by atoms with van der Waals surface area (Å²) >= 11 is 0. The van der Waals surface area contributed by atoms with E-state index in [2.05, 4.69) is 20.2 Å². The van der Waals surface area contributed by atoms with Crippen LogP contribution in [0.15, 0.2) is 23.1 Å². The van der Waals surface area contributed by atoms with Crippen LogP contribution in [0.25, 0.3) is 0 Å². The molecular formula is C15H21N5O4S. The van der Waals surface area contributed by atoms with Crippen LogP contribution in [0.5, 0.6) is 11.5 Å². The normalized spacial score (nSPS) is 15.4. The fraction of sp³-hybridized carbons (Fsp3) is 0.533. The van der Waals surface area contributed by atoms with Crippen LogP contribution in [0, 0.1) is 0 Å². The summed E-state index contributed by atoms with van der Waals surface area (Å²) in [6, 6.07) is 4.84. The van der Waals surface area contributed by atoms with Gasteiger partial charge in [0.05, 0.1) is 26.8 Å². The second-order valence-corrected chi connectivity index (χ2v) is 7.55. The van der Waals surface area contributed by atoms with Crippen LogP contribution in [-0.2, 0) is 16.6 Å². The molecule has 1 aliphatic rings. The summed E-state index contributed by atoms with van der Waals surface area (Å²) in [4.78, 5) is 0.00856. The van der Waals surface area contributed by atoms with E-state index < -0.39 is 10.0 Å². The van der Waals surface area contributed by atoms with Crippen LogP contribution < -0.4 is 14.2 Å². The minimum absolute atomic E-state index is 0.00615. The summed E-state index contributed by atoms with van der Waals surface area (Å²) in [5.41, 5.74) is 0. The zero-order chi connectivity index (χ0) is 17.9. The highest BCUT2D eigenvalue weighted by Crippen LogP contribution is 2.30. The number of hydrogen-bond acceptors (Lipinski definition) is 7. The van der Waals surface area contributed by atoms with Crippen molar-refractivity contribution < 1.29 is 17.9 Å². The molecule has 136 valence electrons. The van der Waals surface area contributed by atoms with Gasteiger partial charge in [-0.05, 0) is 35.4 Å². The maximum absolute atomic E-state index is 12.7. The number of tetrazole rings is 1. The van der Waals surface area contributed by atoms with Gasteiger partial charge in [0.2, 0.25) is 10.0 Å². The Hall–Kier alpha value is -2.20. The molecule has 0 aliphatic heterocycles. The lowest BCUT2D eigenvalue weighted by molar-refractivity contribution is 0.391. The first-order chi connectivity index (χ1) is 12.0. The molecule has 1 saturated carbocycles. The molecule has 1 heterocycles. The Kier molecular flexibility index (Phi) is 5.19. The molecule has 0 spiro atoms. The zero-order valence-electron chi connectivity index (χ0n) is 14.2. The predicted octanol–water partition coefficient (Wildman–Crippen LogP) is 1.28. The first-order valence-electron chi connectivity index (χ1n) is 8.03. The molecular weight excluding hydrogens is 346 g/mol. The van der Waals surface area contributed by atoms with Crippen molar-refractivity contribution in [3.63, 3.8) is 0 Å². The third-order valence-corrected chi connectivity index (χ3v) is 5.73. The second kappa shape index (κ2) is 7.36. The first kappa shape index (κ1) is 17.6. The number of ether oxygens (including phenoxy) is 2. The van der Waals surface area contributed by atoms with Crippen molar-refractivity contribution in [1.29, 1.82) is 0 Å². The molecule has 10 heteroatoms. The molecule has 3 rings (SSSR count). The van der Waals surface area contributed by atoms with Crippen LogP contribution in [-0.4, -0.2) is 42.8 Å². The number of sulfonamides is 1. The van der Waals surface area contributed by atoms with E-state index in [1.54, 1.807) is 16.8 Å². The van der Waals surface area contributed by atoms with Crippen molar-refractivity contribution >= 4 is 10.0 Å². The van der Waals surface area contributed by atoms with E-state index in [0.717, 1.165) is 25.7 Å². The van der Waals surface area contributed by atoms with Gasteiger partial charge in [-0.15, -0.1) is 5.10 Å². The maximum atomic E-state index is 12.7. The molecule has 1 N–H and O–H groups in total. The summed E-state index contributed by atoms with van der Waals surface area (Å²) < 4.78 is 39.9. The van der Waals surface area contributed by atoms with Gasteiger partial charge in [0.1, 0.15) is 16.4 Å². The number of nitrogens with one attached hydrogen (secondary N) is 1. The van der Waals surface area contributed by atoms with Crippen molar-refractivity contribution in [3.8, 4) is 11.5 Å². The standard InChI is InChI=1S/C15H21N5O4S/c1-23-12-7-8-13(24-2)14(9-12)25(21,22)16-10-15-17-18-19-20(15)11-5-3-4-6-11/h7-9,11,16H,3-6,10H2,1-2H3. The summed E-state index contributed by atoms with van der Waals surface area (Å²) in [6.07, 6.45) is 4.29. The van der Waals surface area contributed by atoms with Gasteiger partial charge in [0, 0.05) is 6.07 Å². The summed E-state index contributed by atoms with van der Waals surface area (Å²) in [7, 11) is -0.924. The van der Waals surface area contributed by atoms with Crippen LogP contribution in [0.2, 0.25) is 0 Å². The maximum Gasteiger partial charge on any atom is 0.244 e. The Morgan fingerprint density at radius 3 is 2.68 bits per heavy atom. The van der Waals surface area contributed by atoms with Gasteiger partial charge in [-0.3, -0.25) is 0 Å². The Labute approximate surface area is 146 Å². The van der Waals surface area contributed by atoms with Gasteiger partial charge >= 0.3 is 0 Å². The van der Waals surface area contributed by atoms with E-state index in [1.165, 1.54) is 20.3 Å². The fourth-order valence-corrected chi connectivity index (χ4v) is 4.15. The van der Waals surface area contributed by atoms with Gasteiger partial charge in [0.15, 0.2) is 5.82 Å². The quantitative estimate of drug-likeness (QED) is 0.785. The highest BCUT2D eigenvalue weighted by Gasteiger charge is 2.24. The molecule has 0 radical (unpaired) electrons. The van der Waals surface area contributed by atoms with E-state index in [9.17, 15) is 8.42 Å². The number of methoxy groups -OCH3 is 2. The molecule has 25 heavy (non-hydrogen) atoms. The largest absolute Gasteiger partial charge is 0.497 e. The molecule has 1 aromatic heterocycles. The monoisotopic (exact) mass is 367 g/mol. The highest BCUT2D eigenvalue weighted by molar-refractivity contribution is 7.89. The third kappa shape index (κ3) is 3.74. The minimum atomic E-state index is -3.82. The van der Waals surface area contributed by atoms with E-state index in [-0.39, 0.29) is 23.2 Å². The average Bonchev–Trinajstić information content (AvgIpc) is 3.30. The molecule has 2 aromatic rings. The molecule has 0 unspecified atom stereocenters. The number of aromatic nitrogens is 4. The van der Waals surface area contributed by atoms with Crippen molar-refractivity contribution in [2.24, 2.45) is 0 Å². The number of hydrogen-bond donors (Lipinski definition) is 1. The Bertz CT molecular complexity index is 830. The smallest absolute Gasteiger partial charge is 0.244 e. The van der Waals surface area contributed by atoms with Gasteiger partial charge in [0.25, 0.3) is 0 Å². The zero-order valence-corrected chi connectivity index (χ0v) is 15.0. The van der Waals surface area contributed by atoms with Crippen molar-refractivity contribution in [1.82, 2.24) is 24.9 Å². The Morgan fingerprint density at radius 1 is 1.24 bits per heavy atom. The molecule has 9 nitrogen and oxygen atoms in total. The number of benzene rings is 1. The predicted molar refractivity (Wildman–Crippen MR) is 88.9 cm³/mol. The lowest BCUT2D eigenvalue weighted by atomic mass is 10.2. The average molecular weight is 367 g/mol. The summed E-state index contributed by atoms with van der Waals surface area (Å²) in [5.74, 6) is 1.16. The fourth-order valence-electron chi connectivity index (χ4n) is 2.99. The molecule has 0 bridgehead atoms. The highest BCUT2D eigenvalue weighted by atomic mass is 32.2. The first-order valence-corrected chi connectivity index (χ1v) is 9.52. The summed E-state index contributed by atoms with van der Waals surface area (Å²) in [5, 5.41) is 11.6. The van der Waals surface area contributed by atoms with Crippen LogP contribution in [0.1, 0.15) is 37.5 Å². The van der Waals surface area contributed by atoms with Gasteiger partial charge in [-0.2, -0.15) is 0 Å². The third-order valence-electron chi connectivity index (χ3n) is 4.31. The topological polar surface area (TPSA) is 108 Å². The molecule has 1 aromatic carbocycles.